The van der Waals surface area contributed by atoms with Crippen molar-refractivity contribution in [2.75, 3.05) is 0 Å². The SMILES string of the molecule is CC1(C)c2ccccc2-c2c(-c3cccc(-c4ccc5oc6cccc(-c7nc(-c8ccc(-c9ccccc9)cc8)nc(-c8ccc9oc%10ccccc%10c9c8)n7)c6c5c4)c3)cccc21. The van der Waals surface area contributed by atoms with Crippen LogP contribution in [0.2, 0.25) is 0 Å². The zero-order valence-electron chi connectivity index (χ0n) is 35.7. The van der Waals surface area contributed by atoms with Crippen molar-refractivity contribution in [1.82, 2.24) is 15.0 Å². The lowest BCUT2D eigenvalue weighted by atomic mass is 9.82. The first kappa shape index (κ1) is 37.2. The highest BCUT2D eigenvalue weighted by Crippen LogP contribution is 2.52. The van der Waals surface area contributed by atoms with Crippen molar-refractivity contribution in [1.29, 1.82) is 0 Å². The molecule has 3 heterocycles. The summed E-state index contributed by atoms with van der Waals surface area (Å²) in [7, 11) is 0. The molecule has 5 nitrogen and oxygen atoms in total. The number of benzene rings is 9. The number of rotatable bonds is 6. The number of hydrogen-bond acceptors (Lipinski definition) is 5. The Bertz CT molecular complexity index is 3860. The monoisotopic (exact) mass is 833 g/mol. The van der Waals surface area contributed by atoms with Gasteiger partial charge >= 0.3 is 0 Å². The quantitative estimate of drug-likeness (QED) is 0.167. The Kier molecular flexibility index (Phi) is 8.18. The van der Waals surface area contributed by atoms with Crippen LogP contribution in [0.5, 0.6) is 0 Å². The maximum Gasteiger partial charge on any atom is 0.164 e. The van der Waals surface area contributed by atoms with E-state index in [4.69, 9.17) is 23.8 Å². The van der Waals surface area contributed by atoms with Gasteiger partial charge in [0.25, 0.3) is 0 Å². The van der Waals surface area contributed by atoms with E-state index >= 15 is 0 Å². The van der Waals surface area contributed by atoms with Crippen molar-refractivity contribution in [3.63, 3.8) is 0 Å². The second-order valence-corrected chi connectivity index (χ2v) is 17.5. The van der Waals surface area contributed by atoms with Gasteiger partial charge in [0.15, 0.2) is 17.5 Å². The summed E-state index contributed by atoms with van der Waals surface area (Å²) in [5, 5.41) is 4.02. The van der Waals surface area contributed by atoms with Gasteiger partial charge in [0.2, 0.25) is 0 Å². The topological polar surface area (TPSA) is 65.0 Å². The van der Waals surface area contributed by atoms with Crippen LogP contribution < -0.4 is 0 Å². The molecule has 0 saturated carbocycles. The van der Waals surface area contributed by atoms with E-state index in [-0.39, 0.29) is 5.41 Å². The van der Waals surface area contributed by atoms with Crippen LogP contribution in [0.4, 0.5) is 0 Å². The summed E-state index contributed by atoms with van der Waals surface area (Å²) in [5.41, 5.74) is 18.1. The van der Waals surface area contributed by atoms with Crippen LogP contribution in [-0.4, -0.2) is 15.0 Å². The van der Waals surface area contributed by atoms with Gasteiger partial charge in [-0.25, -0.2) is 15.0 Å². The van der Waals surface area contributed by atoms with Crippen LogP contribution in [0.3, 0.4) is 0 Å². The van der Waals surface area contributed by atoms with Crippen LogP contribution >= 0.6 is 0 Å². The largest absolute Gasteiger partial charge is 0.456 e. The fourth-order valence-corrected chi connectivity index (χ4v) is 10.1. The molecule has 12 aromatic rings. The summed E-state index contributed by atoms with van der Waals surface area (Å²) < 4.78 is 12.8. The predicted molar refractivity (Wildman–Crippen MR) is 265 cm³/mol. The number of aromatic nitrogens is 3. The number of furan rings is 2. The molecular formula is C60H39N3O2. The molecule has 13 rings (SSSR count). The Labute approximate surface area is 375 Å². The average molecular weight is 834 g/mol. The van der Waals surface area contributed by atoms with E-state index in [1.165, 1.54) is 33.4 Å². The third kappa shape index (κ3) is 5.97. The third-order valence-corrected chi connectivity index (χ3v) is 13.4. The summed E-state index contributed by atoms with van der Waals surface area (Å²) >= 11 is 0. The first-order valence-corrected chi connectivity index (χ1v) is 22.1. The molecular weight excluding hydrogens is 795 g/mol. The molecule has 65 heavy (non-hydrogen) atoms. The van der Waals surface area contributed by atoms with Gasteiger partial charge in [-0.1, -0.05) is 166 Å². The number of nitrogens with zero attached hydrogens (tertiary/aromatic N) is 3. The highest BCUT2D eigenvalue weighted by Gasteiger charge is 2.36. The van der Waals surface area contributed by atoms with Crippen LogP contribution in [-0.2, 0) is 5.41 Å². The van der Waals surface area contributed by atoms with Gasteiger partial charge in [-0.05, 0) is 104 Å². The van der Waals surface area contributed by atoms with Crippen molar-refractivity contribution in [2.24, 2.45) is 0 Å². The molecule has 0 amide bonds. The maximum absolute atomic E-state index is 6.59. The van der Waals surface area contributed by atoms with Crippen molar-refractivity contribution < 1.29 is 8.83 Å². The van der Waals surface area contributed by atoms with E-state index in [1.54, 1.807) is 0 Å². The van der Waals surface area contributed by atoms with Crippen LogP contribution in [0.1, 0.15) is 25.0 Å². The average Bonchev–Trinajstić information content (AvgIpc) is 4.01. The molecule has 0 radical (unpaired) electrons. The van der Waals surface area contributed by atoms with Gasteiger partial charge in [0.05, 0.1) is 0 Å². The van der Waals surface area contributed by atoms with Crippen LogP contribution in [0.15, 0.2) is 209 Å². The van der Waals surface area contributed by atoms with Crippen molar-refractivity contribution in [3.8, 4) is 78.7 Å². The predicted octanol–water partition coefficient (Wildman–Crippen LogP) is 16.0. The molecule has 0 fully saturated rings. The maximum atomic E-state index is 6.59. The van der Waals surface area contributed by atoms with Crippen molar-refractivity contribution in [3.05, 3.63) is 211 Å². The Hall–Kier alpha value is -8.41. The summed E-state index contributed by atoms with van der Waals surface area (Å²) in [6.45, 7) is 4.67. The Morgan fingerprint density at radius 1 is 0.323 bits per heavy atom. The van der Waals surface area contributed by atoms with Gasteiger partial charge in [-0.15, -0.1) is 0 Å². The lowest BCUT2D eigenvalue weighted by molar-refractivity contribution is 0.660. The molecule has 306 valence electrons. The zero-order valence-corrected chi connectivity index (χ0v) is 35.7. The first-order valence-electron chi connectivity index (χ1n) is 22.1. The second kappa shape index (κ2) is 14.3. The van der Waals surface area contributed by atoms with Crippen molar-refractivity contribution in [2.45, 2.75) is 19.3 Å². The second-order valence-electron chi connectivity index (χ2n) is 17.5. The molecule has 1 aliphatic carbocycles. The van der Waals surface area contributed by atoms with E-state index in [0.29, 0.717) is 17.5 Å². The molecule has 3 aromatic heterocycles. The molecule has 0 N–H and O–H groups in total. The summed E-state index contributed by atoms with van der Waals surface area (Å²) in [5.74, 6) is 1.73. The summed E-state index contributed by atoms with van der Waals surface area (Å²) in [6, 6.07) is 70.3. The van der Waals surface area contributed by atoms with E-state index < -0.39 is 0 Å². The number of para-hydroxylation sites is 1. The Morgan fingerprint density at radius 2 is 0.846 bits per heavy atom. The zero-order chi connectivity index (χ0) is 43.2. The van der Waals surface area contributed by atoms with Gasteiger partial charge in [-0.3, -0.25) is 0 Å². The fourth-order valence-electron chi connectivity index (χ4n) is 10.1. The first-order chi connectivity index (χ1) is 31.9. The van der Waals surface area contributed by atoms with E-state index in [0.717, 1.165) is 82.8 Å². The molecule has 0 aliphatic heterocycles. The van der Waals surface area contributed by atoms with Gasteiger partial charge in [-0.2, -0.15) is 0 Å². The normalized spacial score (nSPS) is 12.9. The summed E-state index contributed by atoms with van der Waals surface area (Å²) in [4.78, 5) is 15.7. The van der Waals surface area contributed by atoms with Gasteiger partial charge in [0.1, 0.15) is 22.3 Å². The molecule has 5 heteroatoms. The molecule has 9 aromatic carbocycles. The van der Waals surface area contributed by atoms with E-state index in [2.05, 4.69) is 166 Å². The molecule has 1 aliphatic rings. The minimum atomic E-state index is -0.0695. The van der Waals surface area contributed by atoms with E-state index in [1.807, 2.05) is 48.5 Å². The molecule has 0 saturated heterocycles. The molecule has 0 bridgehead atoms. The molecule has 0 unspecified atom stereocenters. The van der Waals surface area contributed by atoms with Crippen molar-refractivity contribution >= 4 is 43.9 Å². The summed E-state index contributed by atoms with van der Waals surface area (Å²) in [6.07, 6.45) is 0. The molecule has 0 atom stereocenters. The number of fused-ring (bicyclic) bond motifs is 9. The highest BCUT2D eigenvalue weighted by atomic mass is 16.3. The lowest BCUT2D eigenvalue weighted by Gasteiger charge is -2.21. The van der Waals surface area contributed by atoms with Crippen LogP contribution in [0.25, 0.3) is 123 Å². The highest BCUT2D eigenvalue weighted by molar-refractivity contribution is 6.13. The smallest absolute Gasteiger partial charge is 0.164 e. The van der Waals surface area contributed by atoms with Crippen LogP contribution in [0, 0.1) is 0 Å². The fraction of sp³-hybridized carbons (Fsp3) is 0.0500. The van der Waals surface area contributed by atoms with Gasteiger partial charge < -0.3 is 8.83 Å². The molecule has 0 spiro atoms. The minimum absolute atomic E-state index is 0.0695. The Balaban J connectivity index is 0.959. The van der Waals surface area contributed by atoms with Gasteiger partial charge in [0, 0.05) is 43.7 Å². The van der Waals surface area contributed by atoms with E-state index in [9.17, 15) is 0 Å². The lowest BCUT2D eigenvalue weighted by Crippen LogP contribution is -2.14. The Morgan fingerprint density at radius 3 is 1.72 bits per heavy atom. The standard InChI is InChI=1S/C60H39N3O2/c1-60(2)49-21-8-6-18-45(49)55-43(19-11-22-50(55)60)41-16-10-15-39(33-41)40-29-31-53-48(34-40)56-46(20-12-24-54(56)65-53)59-62-57(38-27-25-37(26-28-38)36-13-4-3-5-14-36)61-58(63-59)42-30-32-52-47(35-42)44-17-7-9-23-51(44)64-52/h3-35H,1-2H3. The number of hydrogen-bond donors (Lipinski definition) is 0. The minimum Gasteiger partial charge on any atom is -0.456 e. The third-order valence-electron chi connectivity index (χ3n) is 13.4.